The molecule has 0 atom stereocenters. The summed E-state index contributed by atoms with van der Waals surface area (Å²) < 4.78 is 0. The molecule has 3 aromatic carbocycles. The first-order chi connectivity index (χ1) is 14.0. The molecule has 0 saturated heterocycles. The molecule has 5 nitrogen and oxygen atoms in total. The normalized spacial score (nSPS) is 10.0. The standard InChI is InChI=1S/C24H23N3O2/c1-17-10-6-8-14-21(17)26-23(28)20(16-25-19-12-4-3-5-13-19)24(29)27-22-15-9-7-11-18(22)2/h3-16,25H,1-2H3,(H,26,28)(H,27,29). The van der Waals surface area contributed by atoms with Crippen LogP contribution in [-0.4, -0.2) is 11.8 Å². The highest BCUT2D eigenvalue weighted by molar-refractivity contribution is 6.26. The Kier molecular flexibility index (Phi) is 6.43. The lowest BCUT2D eigenvalue weighted by Crippen LogP contribution is -2.26. The molecule has 29 heavy (non-hydrogen) atoms. The Morgan fingerprint density at radius 2 is 1.10 bits per heavy atom. The Labute approximate surface area is 170 Å². The fourth-order valence-corrected chi connectivity index (χ4v) is 2.73. The Bertz CT molecular complexity index is 981. The molecule has 0 saturated carbocycles. The first kappa shape index (κ1) is 19.9. The number of rotatable bonds is 6. The number of anilines is 3. The molecule has 3 aromatic rings. The van der Waals surface area contributed by atoms with Crippen molar-refractivity contribution in [2.75, 3.05) is 16.0 Å². The largest absolute Gasteiger partial charge is 0.361 e. The number of amides is 2. The van der Waals surface area contributed by atoms with Gasteiger partial charge >= 0.3 is 0 Å². The topological polar surface area (TPSA) is 70.2 Å². The Morgan fingerprint density at radius 3 is 1.59 bits per heavy atom. The van der Waals surface area contributed by atoms with E-state index in [4.69, 9.17) is 0 Å². The molecule has 0 aliphatic heterocycles. The van der Waals surface area contributed by atoms with E-state index in [1.54, 1.807) is 12.1 Å². The van der Waals surface area contributed by atoms with Crippen LogP contribution in [0.5, 0.6) is 0 Å². The van der Waals surface area contributed by atoms with Crippen LogP contribution in [0.2, 0.25) is 0 Å². The third-order valence-electron chi connectivity index (χ3n) is 4.43. The number of benzene rings is 3. The summed E-state index contributed by atoms with van der Waals surface area (Å²) in [5.74, 6) is -0.984. The first-order valence-corrected chi connectivity index (χ1v) is 9.30. The van der Waals surface area contributed by atoms with Gasteiger partial charge in [-0.2, -0.15) is 0 Å². The van der Waals surface area contributed by atoms with Crippen LogP contribution in [0.4, 0.5) is 17.1 Å². The van der Waals surface area contributed by atoms with Crippen molar-refractivity contribution in [1.82, 2.24) is 0 Å². The van der Waals surface area contributed by atoms with Crippen molar-refractivity contribution in [3.63, 3.8) is 0 Å². The van der Waals surface area contributed by atoms with Crippen molar-refractivity contribution in [2.24, 2.45) is 0 Å². The number of hydrogen-bond donors (Lipinski definition) is 3. The summed E-state index contributed by atoms with van der Waals surface area (Å²) >= 11 is 0. The van der Waals surface area contributed by atoms with Gasteiger partial charge in [0.15, 0.2) is 0 Å². The fraction of sp³-hybridized carbons (Fsp3) is 0.0833. The highest BCUT2D eigenvalue weighted by Gasteiger charge is 2.20. The van der Waals surface area contributed by atoms with Gasteiger partial charge in [-0.05, 0) is 49.2 Å². The molecule has 2 amide bonds. The van der Waals surface area contributed by atoms with Crippen molar-refractivity contribution in [3.8, 4) is 0 Å². The van der Waals surface area contributed by atoms with Gasteiger partial charge in [-0.1, -0.05) is 54.6 Å². The van der Waals surface area contributed by atoms with Gasteiger partial charge in [0.2, 0.25) is 0 Å². The number of nitrogens with one attached hydrogen (secondary N) is 3. The predicted molar refractivity (Wildman–Crippen MR) is 118 cm³/mol. The zero-order chi connectivity index (χ0) is 20.6. The van der Waals surface area contributed by atoms with Gasteiger partial charge in [-0.25, -0.2) is 0 Å². The minimum Gasteiger partial charge on any atom is -0.361 e. The minimum absolute atomic E-state index is 0.0274. The lowest BCUT2D eigenvalue weighted by molar-refractivity contribution is -0.118. The van der Waals surface area contributed by atoms with Crippen LogP contribution in [0.1, 0.15) is 11.1 Å². The molecule has 5 heteroatoms. The smallest absolute Gasteiger partial charge is 0.262 e. The highest BCUT2D eigenvalue weighted by Crippen LogP contribution is 2.17. The van der Waals surface area contributed by atoms with Gasteiger partial charge in [0, 0.05) is 23.3 Å². The molecule has 0 unspecified atom stereocenters. The number of hydrogen-bond acceptors (Lipinski definition) is 3. The van der Waals surface area contributed by atoms with Crippen LogP contribution >= 0.6 is 0 Å². The molecule has 0 aliphatic carbocycles. The Hall–Kier alpha value is -3.86. The summed E-state index contributed by atoms with van der Waals surface area (Å²) in [6.07, 6.45) is 1.43. The van der Waals surface area contributed by atoms with E-state index in [0.29, 0.717) is 11.4 Å². The average molecular weight is 385 g/mol. The van der Waals surface area contributed by atoms with Gasteiger partial charge < -0.3 is 16.0 Å². The third kappa shape index (κ3) is 5.32. The number of para-hydroxylation sites is 3. The van der Waals surface area contributed by atoms with Gasteiger partial charge in [-0.3, -0.25) is 9.59 Å². The molecule has 0 aromatic heterocycles. The maximum Gasteiger partial charge on any atom is 0.262 e. The van der Waals surface area contributed by atoms with Crippen LogP contribution in [0.3, 0.4) is 0 Å². The minimum atomic E-state index is -0.492. The van der Waals surface area contributed by atoms with Gasteiger partial charge in [-0.15, -0.1) is 0 Å². The van der Waals surface area contributed by atoms with E-state index in [2.05, 4.69) is 16.0 Å². The lowest BCUT2D eigenvalue weighted by Gasteiger charge is -2.13. The summed E-state index contributed by atoms with van der Waals surface area (Å²) in [5.41, 5.74) is 3.89. The fourth-order valence-electron chi connectivity index (χ4n) is 2.73. The van der Waals surface area contributed by atoms with Crippen LogP contribution < -0.4 is 16.0 Å². The van der Waals surface area contributed by atoms with Crippen molar-refractivity contribution < 1.29 is 9.59 Å². The molecule has 0 heterocycles. The van der Waals surface area contributed by atoms with E-state index >= 15 is 0 Å². The van der Waals surface area contributed by atoms with Crippen LogP contribution in [0, 0.1) is 13.8 Å². The predicted octanol–water partition coefficient (Wildman–Crippen LogP) is 4.88. The molecule has 0 spiro atoms. The van der Waals surface area contributed by atoms with Crippen molar-refractivity contribution in [3.05, 3.63) is 102 Å². The molecule has 146 valence electrons. The molecule has 3 rings (SSSR count). The monoisotopic (exact) mass is 385 g/mol. The molecule has 3 N–H and O–H groups in total. The van der Waals surface area contributed by atoms with E-state index < -0.39 is 11.8 Å². The Balaban J connectivity index is 1.86. The number of aryl methyl sites for hydroxylation is 2. The summed E-state index contributed by atoms with van der Waals surface area (Å²) in [6, 6.07) is 24.2. The SMILES string of the molecule is Cc1ccccc1NC(=O)C(=CNc1ccccc1)C(=O)Nc1ccccc1C. The molecule has 0 aliphatic rings. The maximum absolute atomic E-state index is 12.9. The van der Waals surface area contributed by atoms with Crippen molar-refractivity contribution in [2.45, 2.75) is 13.8 Å². The van der Waals surface area contributed by atoms with Crippen molar-refractivity contribution >= 4 is 28.9 Å². The average Bonchev–Trinajstić information content (AvgIpc) is 2.72. The molecular formula is C24H23N3O2. The van der Waals surface area contributed by atoms with Crippen LogP contribution in [-0.2, 0) is 9.59 Å². The van der Waals surface area contributed by atoms with E-state index in [0.717, 1.165) is 16.8 Å². The van der Waals surface area contributed by atoms with Crippen LogP contribution in [0.25, 0.3) is 0 Å². The number of carbonyl (C=O) groups excluding carboxylic acids is 2. The number of carbonyl (C=O) groups is 2. The second kappa shape index (κ2) is 9.37. The second-order valence-corrected chi connectivity index (χ2v) is 6.61. The quantitative estimate of drug-likeness (QED) is 0.322. The zero-order valence-electron chi connectivity index (χ0n) is 16.4. The summed E-state index contributed by atoms with van der Waals surface area (Å²) in [6.45, 7) is 3.79. The molecule has 0 fully saturated rings. The van der Waals surface area contributed by atoms with Gasteiger partial charge in [0.25, 0.3) is 11.8 Å². The van der Waals surface area contributed by atoms with Gasteiger partial charge in [0.05, 0.1) is 0 Å². The zero-order valence-corrected chi connectivity index (χ0v) is 16.4. The van der Waals surface area contributed by atoms with Gasteiger partial charge in [0.1, 0.15) is 5.57 Å². The summed E-state index contributed by atoms with van der Waals surface area (Å²) in [7, 11) is 0. The van der Waals surface area contributed by atoms with E-state index in [1.165, 1.54) is 6.20 Å². The summed E-state index contributed by atoms with van der Waals surface area (Å²) in [5, 5.41) is 8.66. The molecular weight excluding hydrogens is 362 g/mol. The lowest BCUT2D eigenvalue weighted by atomic mass is 10.1. The Morgan fingerprint density at radius 1 is 0.655 bits per heavy atom. The highest BCUT2D eigenvalue weighted by atomic mass is 16.2. The first-order valence-electron chi connectivity index (χ1n) is 9.30. The molecule has 0 radical (unpaired) electrons. The second-order valence-electron chi connectivity index (χ2n) is 6.61. The third-order valence-corrected chi connectivity index (χ3v) is 4.43. The van der Waals surface area contributed by atoms with E-state index in [1.807, 2.05) is 80.6 Å². The molecule has 0 bridgehead atoms. The van der Waals surface area contributed by atoms with E-state index in [9.17, 15) is 9.59 Å². The maximum atomic E-state index is 12.9. The van der Waals surface area contributed by atoms with E-state index in [-0.39, 0.29) is 5.57 Å². The van der Waals surface area contributed by atoms with Crippen molar-refractivity contribution in [1.29, 1.82) is 0 Å². The van der Waals surface area contributed by atoms with Crippen LogP contribution in [0.15, 0.2) is 90.6 Å². The summed E-state index contributed by atoms with van der Waals surface area (Å²) in [4.78, 5) is 25.8.